The van der Waals surface area contributed by atoms with E-state index in [1.54, 1.807) is 36.4 Å². The number of nitrogens with zero attached hydrogens (tertiary/aromatic N) is 2. The molecule has 7 rings (SSSR count). The fourth-order valence-electron chi connectivity index (χ4n) is 5.50. The number of hydrogen-bond donors (Lipinski definition) is 0. The quantitative estimate of drug-likeness (QED) is 0.151. The molecule has 3 aliphatic rings. The van der Waals surface area contributed by atoms with E-state index in [1.807, 2.05) is 13.8 Å². The molecule has 2 nitrogen and oxygen atoms in total. The van der Waals surface area contributed by atoms with Gasteiger partial charge >= 0.3 is 21.1 Å². The molecule has 3 heterocycles. The van der Waals surface area contributed by atoms with Gasteiger partial charge in [-0.25, -0.2) is 0 Å². The molecule has 2 aliphatic carbocycles. The molecular weight excluding hydrogens is 659 g/mol. The molecule has 0 spiro atoms. The van der Waals surface area contributed by atoms with Gasteiger partial charge in [0.05, 0.1) is 0 Å². The Hall–Kier alpha value is -3.11. The summed E-state index contributed by atoms with van der Waals surface area (Å²) in [5.74, 6) is -1.21. The number of hydrogen-bond acceptors (Lipinski definition) is 2. The number of benzene rings is 2. The van der Waals surface area contributed by atoms with Crippen LogP contribution in [-0.2, 0) is 31.9 Å². The van der Waals surface area contributed by atoms with Gasteiger partial charge in [-0.05, 0) is 11.4 Å². The van der Waals surface area contributed by atoms with E-state index < -0.39 is 34.1 Å². The van der Waals surface area contributed by atoms with Crippen molar-refractivity contribution in [1.82, 2.24) is 9.97 Å². The summed E-state index contributed by atoms with van der Waals surface area (Å²) < 4.78 is 60.1. The molecule has 2 fully saturated rings. The van der Waals surface area contributed by atoms with Crippen molar-refractivity contribution >= 4 is 0 Å². The third-order valence-electron chi connectivity index (χ3n) is 7.84. The Labute approximate surface area is 226 Å². The maximum Gasteiger partial charge on any atom is 4.00 e. The van der Waals surface area contributed by atoms with E-state index in [1.165, 1.54) is 0 Å². The zero-order chi connectivity index (χ0) is 25.0. The van der Waals surface area contributed by atoms with Gasteiger partial charge in [-0.3, -0.25) is 17.6 Å². The van der Waals surface area contributed by atoms with Gasteiger partial charge < -0.3 is 9.97 Å². The van der Waals surface area contributed by atoms with Crippen LogP contribution in [0.25, 0.3) is 22.5 Å². The van der Waals surface area contributed by atoms with Crippen LogP contribution in [0.2, 0.25) is 0 Å². The number of halogens is 4. The molecule has 0 radical (unpaired) electrons. The first kappa shape index (κ1) is 24.2. The summed E-state index contributed by atoms with van der Waals surface area (Å²) in [4.78, 5) is 9.29. The van der Waals surface area contributed by atoms with Gasteiger partial charge in [0.25, 0.3) is 0 Å². The van der Waals surface area contributed by atoms with Crippen LogP contribution in [0.3, 0.4) is 0 Å². The summed E-state index contributed by atoms with van der Waals surface area (Å²) >= 11 is 0. The third kappa shape index (κ3) is 3.49. The summed E-state index contributed by atoms with van der Waals surface area (Å²) in [6, 6.07) is 18.0. The largest absolute Gasteiger partial charge is 4.00 e. The molecule has 7 heteroatoms. The minimum Gasteiger partial charge on any atom is -0.335 e. The summed E-state index contributed by atoms with van der Waals surface area (Å²) in [5.41, 5.74) is 0.940. The Kier molecular flexibility index (Phi) is 5.20. The van der Waals surface area contributed by atoms with Crippen molar-refractivity contribution in [2.75, 3.05) is 0 Å². The molecule has 2 aromatic heterocycles. The number of fused-ring (bicyclic) bond motifs is 16. The summed E-state index contributed by atoms with van der Waals surface area (Å²) in [6.07, 6.45) is 0.985. The Bertz CT molecular complexity index is 1490. The van der Waals surface area contributed by atoms with Crippen molar-refractivity contribution < 1.29 is 38.6 Å². The van der Waals surface area contributed by atoms with Gasteiger partial charge in [-0.15, -0.1) is 46.8 Å². The molecule has 8 bridgehead atoms. The van der Waals surface area contributed by atoms with E-state index in [4.69, 9.17) is 0 Å². The van der Waals surface area contributed by atoms with Crippen LogP contribution in [0.1, 0.15) is 49.2 Å². The minimum absolute atomic E-state index is 0. The number of pyridine rings is 2. The zero-order valence-electron chi connectivity index (χ0n) is 19.8. The van der Waals surface area contributed by atoms with Gasteiger partial charge in [-0.2, -0.15) is 24.0 Å². The molecule has 2 aromatic carbocycles. The van der Waals surface area contributed by atoms with E-state index in [9.17, 15) is 8.78 Å². The number of aromatic nitrogens is 2. The fraction of sp³-hybridized carbons (Fsp3) is 0.200. The van der Waals surface area contributed by atoms with Gasteiger partial charge in [0.1, 0.15) is 0 Å². The molecule has 2 unspecified atom stereocenters. The molecular formula is C30H18F4N2Pt. The molecule has 2 saturated carbocycles. The first-order valence-electron chi connectivity index (χ1n) is 11.7. The molecule has 0 N–H and O–H groups in total. The SMILES string of the molecule is CC12C[C-]1c1cccc(n1)-c1[c-]c(c(F)cc1F)C1(C)C[C-]1c1cccc(n1)-c1[c-]c2c(F)cc1F.[Pt+4]. The Morgan fingerprint density at radius 2 is 1.08 bits per heavy atom. The predicted octanol–water partition coefficient (Wildman–Crippen LogP) is 6.85. The smallest absolute Gasteiger partial charge is 0.335 e. The predicted molar refractivity (Wildman–Crippen MR) is 125 cm³/mol. The summed E-state index contributed by atoms with van der Waals surface area (Å²) in [6.45, 7) is 3.71. The van der Waals surface area contributed by atoms with Crippen LogP contribution >= 0.6 is 0 Å². The maximum atomic E-state index is 15.1. The van der Waals surface area contributed by atoms with Crippen molar-refractivity contribution in [3.63, 3.8) is 0 Å². The molecule has 2 atom stereocenters. The minimum atomic E-state index is -0.751. The van der Waals surface area contributed by atoms with Crippen molar-refractivity contribution in [3.8, 4) is 22.5 Å². The zero-order valence-corrected chi connectivity index (χ0v) is 22.0. The Morgan fingerprint density at radius 1 is 0.676 bits per heavy atom. The van der Waals surface area contributed by atoms with E-state index in [0.29, 0.717) is 35.6 Å². The summed E-state index contributed by atoms with van der Waals surface area (Å²) in [5, 5.41) is 0. The third-order valence-corrected chi connectivity index (χ3v) is 7.84. The van der Waals surface area contributed by atoms with Crippen LogP contribution in [0, 0.1) is 47.2 Å². The van der Waals surface area contributed by atoms with E-state index >= 15 is 8.78 Å². The van der Waals surface area contributed by atoms with Gasteiger partial charge in [-0.1, -0.05) is 72.9 Å². The van der Waals surface area contributed by atoms with Gasteiger partial charge in [0, 0.05) is 23.3 Å². The molecule has 37 heavy (non-hydrogen) atoms. The summed E-state index contributed by atoms with van der Waals surface area (Å²) in [7, 11) is 0. The molecule has 4 aromatic rings. The van der Waals surface area contributed by atoms with Crippen molar-refractivity contribution in [2.45, 2.75) is 37.5 Å². The van der Waals surface area contributed by atoms with Gasteiger partial charge in [0.15, 0.2) is 0 Å². The van der Waals surface area contributed by atoms with Crippen LogP contribution in [0.15, 0.2) is 48.5 Å². The van der Waals surface area contributed by atoms with Crippen LogP contribution in [0.4, 0.5) is 17.6 Å². The maximum absolute atomic E-state index is 15.1. The monoisotopic (exact) mass is 677 g/mol. The van der Waals surface area contributed by atoms with Gasteiger partial charge in [0.2, 0.25) is 0 Å². The Morgan fingerprint density at radius 3 is 1.49 bits per heavy atom. The van der Waals surface area contributed by atoms with Crippen LogP contribution < -0.4 is 0 Å². The first-order valence-corrected chi connectivity index (χ1v) is 11.7. The second kappa shape index (κ2) is 7.94. The normalized spacial score (nSPS) is 22.5. The van der Waals surface area contributed by atoms with Crippen molar-refractivity contribution in [2.24, 2.45) is 0 Å². The average molecular weight is 678 g/mol. The number of rotatable bonds is 0. The average Bonchev–Trinajstić information content (AvgIpc) is 3.74. The second-order valence-electron chi connectivity index (χ2n) is 10.2. The second-order valence-corrected chi connectivity index (χ2v) is 10.2. The standard InChI is InChI=1S/C30H18F4N2.Pt/c1-29-13-19(29)27-7-3-5-26(35-27)16-10-18(24(34)12-22(16)32)30(2)14-20(30)28-8-4-6-25(36-28)15-9-17(29)23(33)11-21(15)31;/h3-8,11-12H,13-14H2,1-2H3;/q-4;+4. The molecule has 186 valence electrons. The Balaban J connectivity index is 0.00000252. The first-order chi connectivity index (χ1) is 17.2. The topological polar surface area (TPSA) is 25.8 Å². The van der Waals surface area contributed by atoms with E-state index in [-0.39, 0.29) is 43.3 Å². The van der Waals surface area contributed by atoms with E-state index in [2.05, 4.69) is 22.1 Å². The van der Waals surface area contributed by atoms with E-state index in [0.717, 1.165) is 24.0 Å². The molecule has 1 aliphatic heterocycles. The van der Waals surface area contributed by atoms with Crippen molar-refractivity contribution in [1.29, 1.82) is 0 Å². The molecule has 0 saturated heterocycles. The van der Waals surface area contributed by atoms with Crippen LogP contribution in [0.5, 0.6) is 0 Å². The van der Waals surface area contributed by atoms with Crippen LogP contribution in [-0.4, -0.2) is 9.97 Å². The fourth-order valence-corrected chi connectivity index (χ4v) is 5.50. The molecule has 0 amide bonds. The van der Waals surface area contributed by atoms with Crippen molar-refractivity contribution in [3.05, 3.63) is 118 Å².